The van der Waals surface area contributed by atoms with Crippen LogP contribution in [0.3, 0.4) is 0 Å². The predicted molar refractivity (Wildman–Crippen MR) is 68.6 cm³/mol. The molecule has 3 heteroatoms. The minimum absolute atomic E-state index is 0.00615. The lowest BCUT2D eigenvalue weighted by Gasteiger charge is -2.51. The van der Waals surface area contributed by atoms with E-state index in [1.807, 2.05) is 24.3 Å². The van der Waals surface area contributed by atoms with E-state index in [2.05, 4.69) is 12.1 Å². The highest BCUT2D eigenvalue weighted by atomic mass is 16.5. The number of hydrogen-bond donors (Lipinski definition) is 0. The molecule has 0 spiro atoms. The monoisotopic (exact) mass is 251 g/mol. The average Bonchev–Trinajstić information content (AvgIpc) is 2.49. The fraction of sp³-hybridized carbons (Fsp3) is 0.375. The number of nitriles is 1. The van der Waals surface area contributed by atoms with Crippen molar-refractivity contribution in [2.24, 2.45) is 17.3 Å². The van der Waals surface area contributed by atoms with Crippen LogP contribution in [0.25, 0.3) is 0 Å². The van der Waals surface area contributed by atoms with Gasteiger partial charge in [-0.15, -0.1) is 0 Å². The van der Waals surface area contributed by atoms with Gasteiger partial charge in [0.2, 0.25) is 0 Å². The van der Waals surface area contributed by atoms with Crippen LogP contribution < -0.4 is 4.74 Å². The van der Waals surface area contributed by atoms with Crippen LogP contribution in [0.1, 0.15) is 23.2 Å². The zero-order valence-corrected chi connectivity index (χ0v) is 10.4. The Bertz CT molecular complexity index is 642. The van der Waals surface area contributed by atoms with Gasteiger partial charge in [-0.2, -0.15) is 5.26 Å². The lowest BCUT2D eigenvalue weighted by atomic mass is 9.54. The predicted octanol–water partition coefficient (Wildman–Crippen LogP) is 2.74. The number of carbonyl (C=O) groups is 1. The van der Waals surface area contributed by atoms with Crippen LogP contribution >= 0.6 is 0 Å². The van der Waals surface area contributed by atoms with E-state index in [4.69, 9.17) is 4.74 Å². The number of ether oxygens (including phenoxy) is 1. The van der Waals surface area contributed by atoms with Crippen LogP contribution in [0.4, 0.5) is 0 Å². The van der Waals surface area contributed by atoms with E-state index in [9.17, 15) is 10.1 Å². The molecule has 94 valence electrons. The topological polar surface area (TPSA) is 50.1 Å². The molecule has 0 unspecified atom stereocenters. The summed E-state index contributed by atoms with van der Waals surface area (Å²) in [6.07, 6.45) is 5.76. The van der Waals surface area contributed by atoms with Crippen molar-refractivity contribution < 1.29 is 9.53 Å². The average molecular weight is 251 g/mol. The van der Waals surface area contributed by atoms with E-state index in [1.165, 1.54) is 0 Å². The molecule has 0 radical (unpaired) electrons. The maximum atomic E-state index is 12.9. The van der Waals surface area contributed by atoms with E-state index in [1.54, 1.807) is 6.07 Å². The molecule has 0 amide bonds. The number of rotatable bonds is 0. The number of hydrogen-bond acceptors (Lipinski definition) is 3. The van der Waals surface area contributed by atoms with Gasteiger partial charge in [-0.25, -0.2) is 0 Å². The van der Waals surface area contributed by atoms with Crippen molar-refractivity contribution in [1.82, 2.24) is 0 Å². The molecule has 0 aromatic heterocycles. The Hall–Kier alpha value is -2.08. The summed E-state index contributed by atoms with van der Waals surface area (Å²) in [5.41, 5.74) is -0.451. The minimum atomic E-state index is -1.01. The second-order valence-corrected chi connectivity index (χ2v) is 5.58. The largest absolute Gasteiger partial charge is 0.487 e. The van der Waals surface area contributed by atoms with E-state index in [-0.39, 0.29) is 23.7 Å². The van der Waals surface area contributed by atoms with Crippen molar-refractivity contribution in [1.29, 1.82) is 5.26 Å². The van der Waals surface area contributed by atoms with Crippen LogP contribution in [0.15, 0.2) is 36.4 Å². The molecule has 0 N–H and O–H groups in total. The first-order valence-corrected chi connectivity index (χ1v) is 6.67. The summed E-state index contributed by atoms with van der Waals surface area (Å²) in [4.78, 5) is 12.9. The Labute approximate surface area is 111 Å². The van der Waals surface area contributed by atoms with Crippen LogP contribution in [0, 0.1) is 28.6 Å². The quantitative estimate of drug-likeness (QED) is 0.666. The van der Waals surface area contributed by atoms with Gasteiger partial charge < -0.3 is 4.74 Å². The Morgan fingerprint density at radius 2 is 2.11 bits per heavy atom. The molecule has 19 heavy (non-hydrogen) atoms. The van der Waals surface area contributed by atoms with Gasteiger partial charge in [0.05, 0.1) is 11.6 Å². The second kappa shape index (κ2) is 3.48. The molecule has 5 rings (SSSR count). The molecule has 0 saturated heterocycles. The minimum Gasteiger partial charge on any atom is -0.487 e. The number of allylic oxidation sites excluding steroid dienone is 1. The highest BCUT2D eigenvalue weighted by molar-refractivity contribution is 6.06. The first-order chi connectivity index (χ1) is 9.27. The van der Waals surface area contributed by atoms with Gasteiger partial charge >= 0.3 is 0 Å². The molecule has 3 aliphatic carbocycles. The molecule has 1 aliphatic heterocycles. The number of fused-ring (bicyclic) bond motifs is 2. The van der Waals surface area contributed by atoms with Crippen LogP contribution in [0.2, 0.25) is 0 Å². The van der Waals surface area contributed by atoms with E-state index in [0.29, 0.717) is 11.3 Å². The number of benzene rings is 1. The summed E-state index contributed by atoms with van der Waals surface area (Å²) in [6, 6.07) is 9.58. The zero-order chi connectivity index (χ0) is 13.0. The summed E-state index contributed by atoms with van der Waals surface area (Å²) in [5, 5.41) is 9.71. The van der Waals surface area contributed by atoms with E-state index >= 15 is 0 Å². The summed E-state index contributed by atoms with van der Waals surface area (Å²) in [6.45, 7) is 0. The molecule has 1 saturated carbocycles. The Balaban J connectivity index is 1.96. The van der Waals surface area contributed by atoms with Crippen LogP contribution in [0.5, 0.6) is 5.75 Å². The van der Waals surface area contributed by atoms with E-state index in [0.717, 1.165) is 12.8 Å². The Morgan fingerprint density at radius 1 is 1.26 bits per heavy atom. The molecule has 4 atom stereocenters. The molecule has 3 nitrogen and oxygen atoms in total. The highest BCUT2D eigenvalue weighted by Gasteiger charge is 2.61. The smallest absolute Gasteiger partial charge is 0.191 e. The summed E-state index contributed by atoms with van der Waals surface area (Å²) >= 11 is 0. The molecule has 1 aromatic carbocycles. The SMILES string of the molecule is N#C[C@@]12C(=O)c3ccccc3O[C@@H]1[C@H]1C=C[C@@H]2CC1. The van der Waals surface area contributed by atoms with Crippen LogP contribution in [-0.2, 0) is 0 Å². The van der Waals surface area contributed by atoms with Gasteiger partial charge in [0, 0.05) is 11.8 Å². The van der Waals surface area contributed by atoms with Crippen molar-refractivity contribution in [3.63, 3.8) is 0 Å². The first-order valence-electron chi connectivity index (χ1n) is 6.67. The number of para-hydroxylation sites is 1. The van der Waals surface area contributed by atoms with Gasteiger partial charge in [0.25, 0.3) is 0 Å². The summed E-state index contributed by atoms with van der Waals surface area (Å²) in [7, 11) is 0. The molecule has 1 aromatic rings. The fourth-order valence-corrected chi connectivity index (χ4v) is 3.81. The molecule has 1 fully saturated rings. The molecule has 2 bridgehead atoms. The third-order valence-electron chi connectivity index (χ3n) is 4.77. The summed E-state index contributed by atoms with van der Waals surface area (Å²) < 4.78 is 6.04. The maximum Gasteiger partial charge on any atom is 0.191 e. The van der Waals surface area contributed by atoms with Gasteiger partial charge in [-0.1, -0.05) is 24.3 Å². The number of Topliss-reactive ketones (excluding diaryl/α,β-unsaturated/α-hetero) is 1. The normalized spacial score (nSPS) is 38.1. The van der Waals surface area contributed by atoms with E-state index < -0.39 is 5.41 Å². The van der Waals surface area contributed by atoms with Crippen molar-refractivity contribution in [3.8, 4) is 11.8 Å². The number of nitrogens with zero attached hydrogens (tertiary/aromatic N) is 1. The Kier molecular flexibility index (Phi) is 1.98. The standard InChI is InChI=1S/C16H13NO2/c17-9-16-11-7-5-10(6-8-11)15(16)19-13-4-2-1-3-12(13)14(16)18/h1-5,7,10-11,15H,6,8H2/t10-,11+,15+,16+/m0/s1. The maximum absolute atomic E-state index is 12.9. The number of ketones is 1. The van der Waals surface area contributed by atoms with Crippen molar-refractivity contribution in [3.05, 3.63) is 42.0 Å². The van der Waals surface area contributed by atoms with Crippen molar-refractivity contribution in [2.75, 3.05) is 0 Å². The van der Waals surface area contributed by atoms with Gasteiger partial charge in [0.15, 0.2) is 11.2 Å². The second-order valence-electron chi connectivity index (χ2n) is 5.58. The highest BCUT2D eigenvalue weighted by Crippen LogP contribution is 2.54. The lowest BCUT2D eigenvalue weighted by Crippen LogP contribution is -2.59. The third-order valence-corrected chi connectivity index (χ3v) is 4.77. The Morgan fingerprint density at radius 3 is 2.84 bits per heavy atom. The molecule has 4 aliphatic rings. The first kappa shape index (κ1) is 10.8. The molecular weight excluding hydrogens is 238 g/mol. The van der Waals surface area contributed by atoms with Crippen LogP contribution in [-0.4, -0.2) is 11.9 Å². The van der Waals surface area contributed by atoms with Crippen molar-refractivity contribution in [2.45, 2.75) is 18.9 Å². The van der Waals surface area contributed by atoms with Gasteiger partial charge in [-0.05, 0) is 25.0 Å². The molecule has 1 heterocycles. The fourth-order valence-electron chi connectivity index (χ4n) is 3.81. The van der Waals surface area contributed by atoms with Crippen molar-refractivity contribution >= 4 is 5.78 Å². The molecular formula is C16H13NO2. The van der Waals surface area contributed by atoms with Gasteiger partial charge in [0.1, 0.15) is 11.9 Å². The zero-order valence-electron chi connectivity index (χ0n) is 10.4. The van der Waals surface area contributed by atoms with Gasteiger partial charge in [-0.3, -0.25) is 4.79 Å². The third kappa shape index (κ3) is 1.14. The number of carbonyl (C=O) groups excluding carboxylic acids is 1. The summed E-state index contributed by atoms with van der Waals surface area (Å²) in [5.74, 6) is 0.750. The lowest BCUT2D eigenvalue weighted by molar-refractivity contribution is -0.0177.